The highest BCUT2D eigenvalue weighted by Crippen LogP contribution is 2.39. The third kappa shape index (κ3) is 2.67. The fourth-order valence-corrected chi connectivity index (χ4v) is 4.63. The topological polar surface area (TPSA) is 56.5 Å². The van der Waals surface area contributed by atoms with Gasteiger partial charge in [0.1, 0.15) is 5.75 Å². The van der Waals surface area contributed by atoms with Crippen molar-refractivity contribution in [1.29, 1.82) is 0 Å². The number of nitrogens with zero attached hydrogens (tertiary/aromatic N) is 2. The van der Waals surface area contributed by atoms with E-state index in [1.807, 2.05) is 0 Å². The minimum Gasteiger partial charge on any atom is -0.618 e. The van der Waals surface area contributed by atoms with Crippen LogP contribution in [0.5, 0.6) is 5.75 Å². The van der Waals surface area contributed by atoms with Gasteiger partial charge in [-0.3, -0.25) is 9.69 Å². The van der Waals surface area contributed by atoms with Crippen LogP contribution in [-0.4, -0.2) is 36.9 Å². The van der Waals surface area contributed by atoms with Gasteiger partial charge in [0.25, 0.3) is 0 Å². The monoisotopic (exact) mass is 340 g/mol. The summed E-state index contributed by atoms with van der Waals surface area (Å²) in [5, 5.41) is 12.8. The van der Waals surface area contributed by atoms with E-state index in [1.54, 1.807) is 31.4 Å². The van der Waals surface area contributed by atoms with Gasteiger partial charge in [0.05, 0.1) is 18.5 Å². The molecular weight excluding hydrogens is 316 g/mol. The zero-order chi connectivity index (χ0) is 17.6. The van der Waals surface area contributed by atoms with E-state index >= 15 is 0 Å². The summed E-state index contributed by atoms with van der Waals surface area (Å²) in [5.74, 6) is 2.16. The van der Waals surface area contributed by atoms with Crippen LogP contribution in [0.15, 0.2) is 30.5 Å². The lowest BCUT2D eigenvalue weighted by Crippen LogP contribution is -2.56. The smallest absolute Gasteiger partial charge is 0.224 e. The number of carbonyl (C=O) groups excluding carboxylic acids is 1. The van der Waals surface area contributed by atoms with Crippen molar-refractivity contribution in [3.63, 3.8) is 0 Å². The number of Topliss-reactive ketones (excluding diaryl/α,β-unsaturated/α-hetero) is 1. The van der Waals surface area contributed by atoms with Crippen LogP contribution < -0.4 is 9.47 Å². The molecule has 0 spiro atoms. The van der Waals surface area contributed by atoms with Crippen molar-refractivity contribution in [2.45, 2.75) is 32.2 Å². The van der Waals surface area contributed by atoms with Crippen molar-refractivity contribution < 1.29 is 14.3 Å². The Morgan fingerprint density at radius 3 is 2.92 bits per heavy atom. The first-order valence-electron chi connectivity index (χ1n) is 9.10. The molecule has 3 saturated heterocycles. The van der Waals surface area contributed by atoms with Crippen LogP contribution >= 0.6 is 0 Å². The average molecular weight is 340 g/mol. The summed E-state index contributed by atoms with van der Waals surface area (Å²) in [6.07, 6.45) is 4.76. The zero-order valence-corrected chi connectivity index (χ0v) is 14.8. The lowest BCUT2D eigenvalue weighted by atomic mass is 9.73. The largest absolute Gasteiger partial charge is 0.618 e. The molecule has 1 aromatic heterocycles. The Labute approximate surface area is 147 Å². The van der Waals surface area contributed by atoms with Crippen molar-refractivity contribution >= 4 is 16.7 Å². The van der Waals surface area contributed by atoms with Crippen LogP contribution in [0.1, 0.15) is 36.5 Å². The second-order valence-electron chi connectivity index (χ2n) is 7.27. The number of fused-ring (bicyclic) bond motifs is 4. The molecule has 2 bridgehead atoms. The zero-order valence-electron chi connectivity index (χ0n) is 14.8. The molecule has 3 fully saturated rings. The van der Waals surface area contributed by atoms with E-state index in [4.69, 9.17) is 4.74 Å². The second kappa shape index (κ2) is 6.30. The lowest BCUT2D eigenvalue weighted by Gasteiger charge is -2.49. The van der Waals surface area contributed by atoms with Crippen LogP contribution in [0.3, 0.4) is 0 Å². The van der Waals surface area contributed by atoms with Gasteiger partial charge >= 0.3 is 0 Å². The molecule has 0 radical (unpaired) electrons. The van der Waals surface area contributed by atoms with Crippen LogP contribution in [-0.2, 0) is 0 Å². The number of aromatic nitrogens is 1. The van der Waals surface area contributed by atoms with E-state index in [0.29, 0.717) is 34.1 Å². The summed E-state index contributed by atoms with van der Waals surface area (Å²) in [6, 6.07) is 6.87. The maximum atomic E-state index is 13.3. The standard InChI is InChI=1S/C20H24N2O3/c1-3-13-12-21-8-6-14(13)10-19(21)20(23)16-7-9-22(24)18-5-4-15(25-2)11-17(16)18/h4-5,7,9,11,13-14,19H,3,6,8,10,12H2,1-2H3. The molecule has 25 heavy (non-hydrogen) atoms. The van der Waals surface area contributed by atoms with E-state index in [0.717, 1.165) is 24.2 Å². The third-order valence-corrected chi connectivity index (χ3v) is 6.09. The molecule has 132 valence electrons. The van der Waals surface area contributed by atoms with Crippen LogP contribution in [0.25, 0.3) is 10.9 Å². The predicted molar refractivity (Wildman–Crippen MR) is 95.7 cm³/mol. The van der Waals surface area contributed by atoms with E-state index < -0.39 is 0 Å². The number of ketones is 1. The quantitative estimate of drug-likeness (QED) is 0.488. The van der Waals surface area contributed by atoms with Crippen molar-refractivity contribution in [3.05, 3.63) is 41.2 Å². The van der Waals surface area contributed by atoms with Crippen molar-refractivity contribution in [3.8, 4) is 5.75 Å². The number of carbonyl (C=O) groups is 1. The van der Waals surface area contributed by atoms with Crippen molar-refractivity contribution in [2.75, 3.05) is 20.2 Å². The molecule has 3 aliphatic heterocycles. The average Bonchev–Trinajstić information content (AvgIpc) is 2.67. The molecule has 5 rings (SSSR count). The fraction of sp³-hybridized carbons (Fsp3) is 0.500. The van der Waals surface area contributed by atoms with E-state index in [9.17, 15) is 10.0 Å². The van der Waals surface area contributed by atoms with Crippen LogP contribution in [0.2, 0.25) is 0 Å². The highest BCUT2D eigenvalue weighted by molar-refractivity contribution is 6.09. The Morgan fingerprint density at radius 1 is 1.40 bits per heavy atom. The predicted octanol–water partition coefficient (Wildman–Crippen LogP) is 2.78. The van der Waals surface area contributed by atoms with Crippen LogP contribution in [0, 0.1) is 17.0 Å². The van der Waals surface area contributed by atoms with E-state index in [1.165, 1.54) is 19.0 Å². The molecule has 0 amide bonds. The first-order chi connectivity index (χ1) is 12.1. The molecular formula is C20H24N2O3. The second-order valence-corrected chi connectivity index (χ2v) is 7.27. The van der Waals surface area contributed by atoms with Gasteiger partial charge in [-0.2, -0.15) is 4.73 Å². The van der Waals surface area contributed by atoms with Gasteiger partial charge in [-0.15, -0.1) is 0 Å². The third-order valence-electron chi connectivity index (χ3n) is 6.09. The Morgan fingerprint density at radius 2 is 2.24 bits per heavy atom. The molecule has 4 atom stereocenters. The number of methoxy groups -OCH3 is 1. The molecule has 0 saturated carbocycles. The summed E-state index contributed by atoms with van der Waals surface area (Å²) in [5.41, 5.74) is 1.14. The summed E-state index contributed by atoms with van der Waals surface area (Å²) < 4.78 is 6.10. The Balaban J connectivity index is 1.72. The maximum absolute atomic E-state index is 13.3. The van der Waals surface area contributed by atoms with E-state index in [2.05, 4.69) is 11.8 Å². The number of rotatable bonds is 4. The van der Waals surface area contributed by atoms with Gasteiger partial charge < -0.3 is 9.94 Å². The molecule has 3 aliphatic rings. The number of hydrogen-bond donors (Lipinski definition) is 0. The van der Waals surface area contributed by atoms with Gasteiger partial charge in [0.15, 0.2) is 12.0 Å². The number of hydrogen-bond acceptors (Lipinski definition) is 4. The molecule has 4 heterocycles. The van der Waals surface area contributed by atoms with Gasteiger partial charge in [-0.05, 0) is 43.4 Å². The first kappa shape index (κ1) is 16.3. The lowest BCUT2D eigenvalue weighted by molar-refractivity contribution is -0.577. The Bertz CT molecular complexity index is 820. The minimum absolute atomic E-state index is 0.0570. The minimum atomic E-state index is -0.0570. The highest BCUT2D eigenvalue weighted by atomic mass is 16.5. The molecule has 1 aromatic carbocycles. The van der Waals surface area contributed by atoms with Gasteiger partial charge in [-0.25, -0.2) is 0 Å². The Kier molecular flexibility index (Phi) is 4.12. The van der Waals surface area contributed by atoms with Crippen molar-refractivity contribution in [1.82, 2.24) is 4.90 Å². The number of piperidine rings is 3. The fourth-order valence-electron chi connectivity index (χ4n) is 4.63. The highest BCUT2D eigenvalue weighted by Gasteiger charge is 2.42. The maximum Gasteiger partial charge on any atom is 0.224 e. The molecule has 0 aliphatic carbocycles. The normalized spacial score (nSPS) is 28.2. The van der Waals surface area contributed by atoms with Crippen LogP contribution in [0.4, 0.5) is 0 Å². The molecule has 2 aromatic rings. The van der Waals surface area contributed by atoms with E-state index in [-0.39, 0.29) is 11.8 Å². The number of pyridine rings is 1. The van der Waals surface area contributed by atoms with Gasteiger partial charge in [0.2, 0.25) is 5.52 Å². The van der Waals surface area contributed by atoms with Gasteiger partial charge in [0, 0.05) is 24.2 Å². The molecule has 5 nitrogen and oxygen atoms in total. The first-order valence-corrected chi connectivity index (χ1v) is 9.10. The summed E-state index contributed by atoms with van der Waals surface area (Å²) in [4.78, 5) is 15.7. The summed E-state index contributed by atoms with van der Waals surface area (Å²) in [7, 11) is 1.59. The summed E-state index contributed by atoms with van der Waals surface area (Å²) >= 11 is 0. The number of ether oxygens (including phenoxy) is 1. The Hall–Kier alpha value is -2.14. The molecule has 4 unspecified atom stereocenters. The molecule has 5 heteroatoms. The number of benzene rings is 1. The SMILES string of the molecule is CCC1CN2CCC1CC2C(=O)c1cc[n+]([O-])c2ccc(OC)cc12. The van der Waals surface area contributed by atoms with Gasteiger partial charge in [-0.1, -0.05) is 13.3 Å². The summed E-state index contributed by atoms with van der Waals surface area (Å²) in [6.45, 7) is 4.27. The van der Waals surface area contributed by atoms with Crippen molar-refractivity contribution in [2.24, 2.45) is 11.8 Å². The molecule has 0 N–H and O–H groups in total.